The van der Waals surface area contributed by atoms with Gasteiger partial charge in [-0.05, 0) is 184 Å². The van der Waals surface area contributed by atoms with Crippen LogP contribution in [0.15, 0.2) is 35.3 Å². The molecular weight excluding hydrogens is 1840 g/mol. The number of fused-ring (bicyclic) bond motifs is 1. The largest absolute Gasteiger partial charge is 0.481 e. The van der Waals surface area contributed by atoms with E-state index < -0.39 is 234 Å². The molecule has 5 fully saturated rings. The van der Waals surface area contributed by atoms with Crippen LogP contribution in [0.1, 0.15) is 215 Å². The number of guanidine groups is 1. The molecule has 0 spiro atoms. The number of amides is 18. The van der Waals surface area contributed by atoms with E-state index in [-0.39, 0.29) is 178 Å². The Kier molecular flexibility index (Phi) is 50.1. The van der Waals surface area contributed by atoms with Crippen molar-refractivity contribution in [2.24, 2.45) is 45.5 Å². The van der Waals surface area contributed by atoms with Crippen LogP contribution >= 0.6 is 33.3 Å². The molecule has 47 heteroatoms. The lowest BCUT2D eigenvalue weighted by molar-refractivity contribution is -0.148. The van der Waals surface area contributed by atoms with E-state index in [1.54, 1.807) is 64.3 Å². The minimum absolute atomic E-state index is 0.00109. The first-order valence-corrected chi connectivity index (χ1v) is 51.6. The summed E-state index contributed by atoms with van der Waals surface area (Å²) in [4.78, 5) is 284. The van der Waals surface area contributed by atoms with Gasteiger partial charge in [0.05, 0.1) is 6.61 Å². The first-order valence-electron chi connectivity index (χ1n) is 47.8. The SMILES string of the molecule is CCCCC[C@@H]1NC(=O)[C@H](CCCCN)NC(=O)[C@H](CCCN=C(N)N)NC(=O)[C@H](CC(C)C)NC(=O)C(NC(=O)[C@H](CCSC)NC(=O)[C@@H]2CCCN2C(=O)[C@@H](NC(C)=O)C(C)C)CCSSC[C@@H](C(=O)NC(CCCCN)C(=O)N2CCC[C@H]2C(=O)N2CCC[C@H]2C(=O)N[C@@H](CCC(=O)O)C(N)=O)NC(=O)[C@H](Cc2ccccc2)NC(=O)[C@H](CO)NC(=O)C(C)NC(=O)[C@@H]2CCCN2C1=O. The molecule has 0 bridgehead atoms. The summed E-state index contributed by atoms with van der Waals surface area (Å²) in [6.45, 7) is 11.0. The molecule has 5 heterocycles. The Labute approximate surface area is 812 Å². The monoisotopic (exact) mass is 1980 g/mol. The minimum Gasteiger partial charge on any atom is -0.481 e. The van der Waals surface area contributed by atoms with Gasteiger partial charge in [-0.1, -0.05) is 106 Å². The van der Waals surface area contributed by atoms with Gasteiger partial charge in [-0.2, -0.15) is 11.8 Å². The maximum atomic E-state index is 15.6. The van der Waals surface area contributed by atoms with Gasteiger partial charge in [0.15, 0.2) is 5.96 Å². The molecule has 25 N–H and O–H groups in total. The molecule has 17 atom stereocenters. The quantitative estimate of drug-likeness (QED) is 0.0135. The van der Waals surface area contributed by atoms with Gasteiger partial charge in [-0.3, -0.25) is 96.1 Å². The molecule has 0 aromatic heterocycles. The zero-order valence-electron chi connectivity index (χ0n) is 80.0. The van der Waals surface area contributed by atoms with E-state index >= 15 is 38.4 Å². The number of aliphatic imine (C=N–C) groups is 1. The number of nitrogens with one attached hydrogen (secondary N) is 13. The number of nitrogens with zero attached hydrogens (tertiary/aromatic N) is 5. The number of likely N-dealkylation sites (tertiary alicyclic amines) is 3. The number of carboxylic acids is 1. The lowest BCUT2D eigenvalue weighted by Gasteiger charge is -2.33. The highest BCUT2D eigenvalue weighted by atomic mass is 33.1. The Bertz CT molecular complexity index is 4290. The van der Waals surface area contributed by atoms with Gasteiger partial charge in [0.2, 0.25) is 106 Å². The summed E-state index contributed by atoms with van der Waals surface area (Å²) >= 11 is 1.33. The molecule has 3 unspecified atom stereocenters. The van der Waals surface area contributed by atoms with Crippen molar-refractivity contribution in [3.63, 3.8) is 0 Å². The molecule has 5 aliphatic rings. The van der Waals surface area contributed by atoms with Crippen LogP contribution < -0.4 is 97.8 Å². The summed E-state index contributed by atoms with van der Waals surface area (Å²) in [5, 5.41) is 55.6. The second kappa shape index (κ2) is 59.6. The van der Waals surface area contributed by atoms with Crippen molar-refractivity contribution in [3.8, 4) is 0 Å². The summed E-state index contributed by atoms with van der Waals surface area (Å²) in [6, 6.07) is -15.4. The predicted molar refractivity (Wildman–Crippen MR) is 515 cm³/mol. The summed E-state index contributed by atoms with van der Waals surface area (Å²) in [5.74, 6) is -17.3. The van der Waals surface area contributed by atoms with Crippen molar-refractivity contribution in [1.29, 1.82) is 0 Å². The van der Waals surface area contributed by atoms with Crippen LogP contribution in [-0.2, 0) is 97.5 Å². The average Bonchev–Trinajstić information content (AvgIpc) is 1.65. The van der Waals surface area contributed by atoms with Gasteiger partial charge in [0, 0.05) is 64.0 Å². The lowest BCUT2D eigenvalue weighted by atomic mass is 10.0. The second-order valence-corrected chi connectivity index (χ2v) is 39.7. The molecule has 6 rings (SSSR count). The van der Waals surface area contributed by atoms with Crippen molar-refractivity contribution in [2.45, 2.75) is 318 Å². The first kappa shape index (κ1) is 115. The number of aliphatic carboxylic acids is 1. The van der Waals surface area contributed by atoms with Crippen molar-refractivity contribution in [1.82, 2.24) is 88.7 Å². The van der Waals surface area contributed by atoms with Crippen LogP contribution in [0.2, 0.25) is 0 Å². The maximum Gasteiger partial charge on any atom is 0.303 e. The van der Waals surface area contributed by atoms with E-state index in [4.69, 9.17) is 28.7 Å². The smallest absolute Gasteiger partial charge is 0.303 e. The van der Waals surface area contributed by atoms with E-state index in [1.807, 2.05) is 6.92 Å². The summed E-state index contributed by atoms with van der Waals surface area (Å²) in [7, 11) is 1.98. The van der Waals surface area contributed by atoms with Gasteiger partial charge in [-0.25, -0.2) is 0 Å². The third-order valence-electron chi connectivity index (χ3n) is 24.5. The van der Waals surface area contributed by atoms with E-state index in [1.165, 1.54) is 45.2 Å². The van der Waals surface area contributed by atoms with Crippen molar-refractivity contribution in [2.75, 3.05) is 75.9 Å². The zero-order valence-corrected chi connectivity index (χ0v) is 82.5. The van der Waals surface area contributed by atoms with Gasteiger partial charge in [-0.15, -0.1) is 0 Å². The predicted octanol–water partition coefficient (Wildman–Crippen LogP) is -2.99. The maximum absolute atomic E-state index is 15.6. The van der Waals surface area contributed by atoms with Gasteiger partial charge < -0.3 is 128 Å². The number of benzene rings is 1. The van der Waals surface area contributed by atoms with Crippen molar-refractivity contribution in [3.05, 3.63) is 35.9 Å². The van der Waals surface area contributed by atoms with Gasteiger partial charge in [0.25, 0.3) is 0 Å². The molecule has 44 nitrogen and oxygen atoms in total. The second-order valence-electron chi connectivity index (χ2n) is 36.1. The number of hydrogen-bond acceptors (Lipinski definition) is 26. The van der Waals surface area contributed by atoms with E-state index in [0.29, 0.717) is 63.4 Å². The topological polar surface area (TPSA) is 677 Å². The molecular formula is C90H147N23O21S3. The lowest BCUT2D eigenvalue weighted by Crippen LogP contribution is -2.61. The first-order chi connectivity index (χ1) is 65.3. The van der Waals surface area contributed by atoms with E-state index in [9.17, 15) is 63.0 Å². The molecule has 0 saturated carbocycles. The average molecular weight is 1980 g/mol. The van der Waals surface area contributed by atoms with Crippen LogP contribution in [0.5, 0.6) is 0 Å². The highest BCUT2D eigenvalue weighted by Crippen LogP contribution is 2.30. The number of unbranched alkanes of at least 4 members (excludes halogenated alkanes) is 4. The number of hydrogen-bond donors (Lipinski definition) is 20. The molecule has 0 radical (unpaired) electrons. The Morgan fingerprint density at radius 1 is 0.547 bits per heavy atom. The van der Waals surface area contributed by atoms with Crippen LogP contribution in [0.4, 0.5) is 0 Å². The highest BCUT2D eigenvalue weighted by molar-refractivity contribution is 8.76. The number of primary amides is 1. The third-order valence-corrected chi connectivity index (χ3v) is 27.6. The number of rotatable bonds is 41. The molecule has 1 aromatic carbocycles. The molecule has 0 aliphatic carbocycles. The zero-order chi connectivity index (χ0) is 101. The van der Waals surface area contributed by atoms with Crippen LogP contribution in [0.3, 0.4) is 0 Å². The Balaban J connectivity index is 1.48. The fourth-order valence-electron chi connectivity index (χ4n) is 17.0. The van der Waals surface area contributed by atoms with Crippen molar-refractivity contribution >= 4 is 152 Å². The molecule has 5 aliphatic heterocycles. The number of thioether (sulfide) groups is 1. The molecule has 18 amide bonds. The molecule has 5 saturated heterocycles. The third kappa shape index (κ3) is 37.2. The fraction of sp³-hybridized carbons (Fsp3) is 0.711. The molecule has 766 valence electrons. The number of aliphatic hydroxyl groups excluding tert-OH is 1. The van der Waals surface area contributed by atoms with E-state index in [0.717, 1.165) is 21.6 Å². The highest BCUT2D eigenvalue weighted by Gasteiger charge is 2.47. The molecule has 137 heavy (non-hydrogen) atoms. The number of aliphatic hydroxyl groups is 1. The normalized spacial score (nSPS) is 24.4. The van der Waals surface area contributed by atoms with Gasteiger partial charge >= 0.3 is 5.97 Å². The minimum atomic E-state index is -1.82. The molecule has 1 aromatic rings. The Morgan fingerprint density at radius 2 is 1.09 bits per heavy atom. The number of carbonyl (C=O) groups excluding carboxylic acids is 18. The number of carboxylic acid groups (broad SMARTS) is 1. The number of nitrogens with two attached hydrogens (primary N) is 5. The summed E-state index contributed by atoms with van der Waals surface area (Å²) in [5.41, 5.74) is 29.4. The van der Waals surface area contributed by atoms with Crippen LogP contribution in [0.25, 0.3) is 0 Å². The van der Waals surface area contributed by atoms with Crippen LogP contribution in [0, 0.1) is 11.8 Å². The fourth-order valence-corrected chi connectivity index (χ4v) is 19.8. The standard InChI is InChI=1S/C90H147N23O21S3/c1-9-10-12-27-61-86(131)110-41-20-30-67(110)83(128)97-53(6)74(119)108-65(49-114)81(126)107-64(48-55-24-13-11-14-25-55)80(125)109-66(82(127)105-62(28-16-18-39-92)87(132)113-44-23-33-70(113)88(133)111-42-21-31-68(111)84(129)99-56(73(93)118)34-35-71(116)117)50-137-136-46-37-60(102-77(122)59(36-45-135-8)103-85(130)69-32-22-43-112(69)89(134)72(52(4)5)98-54(7)115)78(123)106-63(47-51(2)3)79(124)101-58(29-19-40-96-90(94)95)75(120)100-57(76(121)104-61)26-15-17-38-91/h11,13-14,24-25,51-53,56-70,72,114H,9-10,12,15-23,26-50,91-92H2,1-8H3,(H2,93,118)(H,97,128)(H,98,115)(H,99,129)(H,100,120)(H,101,124)(H,102,122)(H,103,130)(H,104,121)(H,105,127)(H,106,123)(H,107,126)(H,108,119)(H,109,125)(H,116,117)(H4,94,95,96)/t53?,56-,57-,58-,59-,60?,61-,62?,63-,64-,65-,66-,67-,68-,69-,70-,72-/m0/s1. The van der Waals surface area contributed by atoms with Crippen LogP contribution in [-0.4, -0.2) is 327 Å². The summed E-state index contributed by atoms with van der Waals surface area (Å²) in [6.07, 6.45) is 4.98. The number of carbonyl (C=O) groups is 19. The van der Waals surface area contributed by atoms with Gasteiger partial charge in [0.1, 0.15) is 103 Å². The van der Waals surface area contributed by atoms with E-state index in [2.05, 4.69) is 74.1 Å². The Morgan fingerprint density at radius 3 is 1.69 bits per heavy atom. The Hall–Kier alpha value is -10.7. The van der Waals surface area contributed by atoms with Crippen molar-refractivity contribution < 1.29 is 101 Å². The summed E-state index contributed by atoms with van der Waals surface area (Å²) < 4.78 is 0.